The van der Waals surface area contributed by atoms with Crippen LogP contribution in [-0.2, 0) is 15.9 Å². The predicted octanol–water partition coefficient (Wildman–Crippen LogP) is 2.24. The maximum absolute atomic E-state index is 11.6. The molecule has 0 radical (unpaired) electrons. The molecule has 0 bridgehead atoms. The molecule has 0 atom stereocenters. The van der Waals surface area contributed by atoms with Gasteiger partial charge >= 0.3 is 5.97 Å². The van der Waals surface area contributed by atoms with Crippen molar-refractivity contribution in [1.82, 2.24) is 9.97 Å². The molecule has 0 fully saturated rings. The lowest BCUT2D eigenvalue weighted by Crippen LogP contribution is -2.06. The Balaban J connectivity index is 2.34. The number of ether oxygens (including phenoxy) is 2. The zero-order chi connectivity index (χ0) is 13.0. The third-order valence-corrected chi connectivity index (χ3v) is 4.26. The molecule has 0 saturated carbocycles. The van der Waals surface area contributed by atoms with E-state index in [0.29, 0.717) is 18.7 Å². The van der Waals surface area contributed by atoms with Crippen molar-refractivity contribution in [3.8, 4) is 10.0 Å². The third-order valence-electron chi connectivity index (χ3n) is 2.22. The molecule has 0 N–H and O–H groups in total. The van der Waals surface area contributed by atoms with Crippen LogP contribution in [0.25, 0.3) is 10.0 Å². The first-order valence-electron chi connectivity index (χ1n) is 5.23. The van der Waals surface area contributed by atoms with Gasteiger partial charge in [-0.15, -0.1) is 22.7 Å². The van der Waals surface area contributed by atoms with E-state index < -0.39 is 5.97 Å². The Morgan fingerprint density at radius 1 is 1.39 bits per heavy atom. The molecule has 0 aliphatic rings. The second-order valence-corrected chi connectivity index (χ2v) is 5.34. The Bertz CT molecular complexity index is 522. The van der Waals surface area contributed by atoms with Crippen molar-refractivity contribution >= 4 is 28.6 Å². The van der Waals surface area contributed by atoms with Gasteiger partial charge in [0.05, 0.1) is 13.7 Å². The number of aromatic nitrogens is 2. The second kappa shape index (κ2) is 6.03. The Morgan fingerprint density at radius 2 is 2.22 bits per heavy atom. The lowest BCUT2D eigenvalue weighted by molar-refractivity contribution is 0.0593. The van der Waals surface area contributed by atoms with Crippen LogP contribution in [-0.4, -0.2) is 36.8 Å². The maximum atomic E-state index is 11.6. The summed E-state index contributed by atoms with van der Waals surface area (Å²) in [5.74, 6) is -0.417. The SMILES string of the molecule is COCCc1sc(-c2nccs2)nc1C(=O)OC. The number of methoxy groups -OCH3 is 2. The fraction of sp³-hybridized carbons (Fsp3) is 0.364. The molecular weight excluding hydrogens is 272 g/mol. The van der Waals surface area contributed by atoms with Gasteiger partial charge < -0.3 is 9.47 Å². The number of hydrogen-bond donors (Lipinski definition) is 0. The molecule has 0 saturated heterocycles. The van der Waals surface area contributed by atoms with Crippen molar-refractivity contribution < 1.29 is 14.3 Å². The van der Waals surface area contributed by atoms with E-state index in [1.807, 2.05) is 5.38 Å². The standard InChI is InChI=1S/C11H12N2O3S2/c1-15-5-3-7-8(11(14)16-2)13-10(18-7)9-12-4-6-17-9/h4,6H,3,5H2,1-2H3. The Morgan fingerprint density at radius 3 is 2.83 bits per heavy atom. The lowest BCUT2D eigenvalue weighted by atomic mass is 10.3. The Kier molecular flexibility index (Phi) is 4.40. The second-order valence-electron chi connectivity index (χ2n) is 3.36. The molecular formula is C11H12N2O3S2. The summed E-state index contributed by atoms with van der Waals surface area (Å²) in [6.45, 7) is 0.545. The normalized spacial score (nSPS) is 10.6. The van der Waals surface area contributed by atoms with E-state index in [1.165, 1.54) is 29.8 Å². The molecule has 7 heteroatoms. The maximum Gasteiger partial charge on any atom is 0.357 e. The highest BCUT2D eigenvalue weighted by Crippen LogP contribution is 2.30. The summed E-state index contributed by atoms with van der Waals surface area (Å²) in [5, 5.41) is 3.44. The molecule has 5 nitrogen and oxygen atoms in total. The van der Waals surface area contributed by atoms with Gasteiger partial charge in [-0.1, -0.05) is 0 Å². The fourth-order valence-corrected chi connectivity index (χ4v) is 3.10. The number of rotatable bonds is 5. The molecule has 2 heterocycles. The third kappa shape index (κ3) is 2.74. The van der Waals surface area contributed by atoms with Gasteiger partial charge in [-0.05, 0) is 0 Å². The van der Waals surface area contributed by atoms with Crippen LogP contribution in [0.3, 0.4) is 0 Å². The van der Waals surface area contributed by atoms with Crippen LogP contribution in [0.1, 0.15) is 15.4 Å². The highest BCUT2D eigenvalue weighted by atomic mass is 32.1. The summed E-state index contributed by atoms with van der Waals surface area (Å²) in [7, 11) is 2.98. The van der Waals surface area contributed by atoms with Gasteiger partial charge in [-0.3, -0.25) is 0 Å². The highest BCUT2D eigenvalue weighted by molar-refractivity contribution is 7.20. The molecule has 0 amide bonds. The Labute approximate surface area is 112 Å². The van der Waals surface area contributed by atoms with Crippen molar-refractivity contribution in [2.24, 2.45) is 0 Å². The number of esters is 1. The van der Waals surface area contributed by atoms with E-state index in [4.69, 9.17) is 9.47 Å². The van der Waals surface area contributed by atoms with Crippen LogP contribution in [0.5, 0.6) is 0 Å². The van der Waals surface area contributed by atoms with E-state index in [1.54, 1.807) is 13.3 Å². The van der Waals surface area contributed by atoms with Crippen LogP contribution in [0.4, 0.5) is 0 Å². The summed E-state index contributed by atoms with van der Waals surface area (Å²) < 4.78 is 9.76. The molecule has 2 rings (SSSR count). The van der Waals surface area contributed by atoms with Crippen LogP contribution >= 0.6 is 22.7 Å². The minimum Gasteiger partial charge on any atom is -0.464 e. The zero-order valence-corrected chi connectivity index (χ0v) is 11.6. The summed E-state index contributed by atoms with van der Waals surface area (Å²) in [6, 6.07) is 0. The number of carbonyl (C=O) groups is 1. The van der Waals surface area contributed by atoms with Crippen molar-refractivity contribution in [2.45, 2.75) is 6.42 Å². The zero-order valence-electron chi connectivity index (χ0n) is 10.0. The molecule has 0 aliphatic carbocycles. The largest absolute Gasteiger partial charge is 0.464 e. The average molecular weight is 284 g/mol. The average Bonchev–Trinajstić information content (AvgIpc) is 3.03. The van der Waals surface area contributed by atoms with E-state index in [9.17, 15) is 4.79 Å². The van der Waals surface area contributed by atoms with E-state index in [0.717, 1.165) is 14.9 Å². The predicted molar refractivity (Wildman–Crippen MR) is 70.1 cm³/mol. The molecule has 0 aliphatic heterocycles. The topological polar surface area (TPSA) is 61.3 Å². The fourth-order valence-electron chi connectivity index (χ4n) is 1.39. The number of carbonyl (C=O) groups excluding carboxylic acids is 1. The summed E-state index contributed by atoms with van der Waals surface area (Å²) in [6.07, 6.45) is 2.36. The van der Waals surface area contributed by atoms with Gasteiger partial charge in [-0.25, -0.2) is 14.8 Å². The minimum atomic E-state index is -0.417. The summed E-state index contributed by atoms with van der Waals surface area (Å²) >= 11 is 2.95. The molecule has 2 aromatic rings. The summed E-state index contributed by atoms with van der Waals surface area (Å²) in [4.78, 5) is 21.0. The smallest absolute Gasteiger partial charge is 0.357 e. The Hall–Kier alpha value is -1.31. The monoisotopic (exact) mass is 284 g/mol. The number of nitrogens with zero attached hydrogens (tertiary/aromatic N) is 2. The number of thiazole rings is 2. The van der Waals surface area contributed by atoms with Crippen molar-refractivity contribution in [3.63, 3.8) is 0 Å². The molecule has 0 spiro atoms. The van der Waals surface area contributed by atoms with Crippen LogP contribution in [0.15, 0.2) is 11.6 Å². The van der Waals surface area contributed by atoms with Crippen molar-refractivity contribution in [2.75, 3.05) is 20.8 Å². The van der Waals surface area contributed by atoms with Gasteiger partial charge in [0.25, 0.3) is 0 Å². The van der Waals surface area contributed by atoms with Crippen LogP contribution in [0.2, 0.25) is 0 Å². The molecule has 0 aromatic carbocycles. The lowest BCUT2D eigenvalue weighted by Gasteiger charge is -1.99. The quantitative estimate of drug-likeness (QED) is 0.788. The summed E-state index contributed by atoms with van der Waals surface area (Å²) in [5.41, 5.74) is 0.366. The number of hydrogen-bond acceptors (Lipinski definition) is 7. The van der Waals surface area contributed by atoms with Crippen LogP contribution in [0, 0.1) is 0 Å². The van der Waals surface area contributed by atoms with E-state index in [-0.39, 0.29) is 0 Å². The van der Waals surface area contributed by atoms with E-state index in [2.05, 4.69) is 9.97 Å². The van der Waals surface area contributed by atoms with Gasteiger partial charge in [0.1, 0.15) is 0 Å². The van der Waals surface area contributed by atoms with E-state index >= 15 is 0 Å². The molecule has 18 heavy (non-hydrogen) atoms. The first kappa shape index (κ1) is 13.1. The first-order chi connectivity index (χ1) is 8.76. The highest BCUT2D eigenvalue weighted by Gasteiger charge is 2.20. The molecule has 96 valence electrons. The van der Waals surface area contributed by atoms with Crippen molar-refractivity contribution in [1.29, 1.82) is 0 Å². The van der Waals surface area contributed by atoms with Crippen LogP contribution < -0.4 is 0 Å². The van der Waals surface area contributed by atoms with Gasteiger partial charge in [0, 0.05) is 30.0 Å². The molecule has 2 aromatic heterocycles. The van der Waals surface area contributed by atoms with Crippen molar-refractivity contribution in [3.05, 3.63) is 22.1 Å². The van der Waals surface area contributed by atoms with Gasteiger partial charge in [0.15, 0.2) is 15.7 Å². The first-order valence-corrected chi connectivity index (χ1v) is 6.92. The van der Waals surface area contributed by atoms with Gasteiger partial charge in [-0.2, -0.15) is 0 Å². The van der Waals surface area contributed by atoms with Gasteiger partial charge in [0.2, 0.25) is 0 Å². The minimum absolute atomic E-state index is 0.366. The molecule has 0 unspecified atom stereocenters.